The van der Waals surface area contributed by atoms with Gasteiger partial charge in [-0.2, -0.15) is 0 Å². The number of aromatic nitrogens is 1. The second-order valence-corrected chi connectivity index (χ2v) is 10.9. The molecule has 2 aromatic carbocycles. The van der Waals surface area contributed by atoms with Crippen LogP contribution < -0.4 is 0 Å². The fourth-order valence-electron chi connectivity index (χ4n) is 6.05. The van der Waals surface area contributed by atoms with Gasteiger partial charge in [0.1, 0.15) is 0 Å². The molecule has 0 spiro atoms. The maximum Gasteiger partial charge on any atom is 0.310 e. The molecular weight excluding hydrogens is 470 g/mol. The lowest BCUT2D eigenvalue weighted by Gasteiger charge is -2.34. The van der Waals surface area contributed by atoms with E-state index in [4.69, 9.17) is 4.74 Å². The zero-order chi connectivity index (χ0) is 27.3. The van der Waals surface area contributed by atoms with Crippen LogP contribution in [0.3, 0.4) is 0 Å². The van der Waals surface area contributed by atoms with Crippen LogP contribution in [-0.4, -0.2) is 28.8 Å². The summed E-state index contributed by atoms with van der Waals surface area (Å²) in [6.07, 6.45) is 13.8. The van der Waals surface area contributed by atoms with Gasteiger partial charge in [0.05, 0.1) is 19.1 Å². The number of hydrogen-bond donors (Lipinski definition) is 1. The molecule has 1 aromatic heterocycles. The van der Waals surface area contributed by atoms with Crippen LogP contribution in [0.2, 0.25) is 0 Å². The molecule has 1 N–H and O–H groups in total. The van der Waals surface area contributed by atoms with E-state index in [2.05, 4.69) is 75.2 Å². The van der Waals surface area contributed by atoms with E-state index in [1.165, 1.54) is 34.9 Å². The standard InChI is InChI=1S/C34H41NO3/c1-6-34(7-2,29-11-10-27(24(3)18-29)14-17-33(37)15-8-9-16-33)30-12-13-31(25(4)19-30)28-20-26(22-35-23-28)21-32(36)38-5/h10-14,17-20,22-23,37H,6-9,15-16,21H2,1-5H3. The van der Waals surface area contributed by atoms with Crippen molar-refractivity contribution in [2.45, 2.75) is 83.7 Å². The number of esters is 1. The highest BCUT2D eigenvalue weighted by molar-refractivity contribution is 5.74. The minimum absolute atomic E-state index is 0.0923. The molecule has 38 heavy (non-hydrogen) atoms. The molecular formula is C34H41NO3. The smallest absolute Gasteiger partial charge is 0.310 e. The second kappa shape index (κ2) is 11.7. The monoisotopic (exact) mass is 511 g/mol. The Morgan fingerprint density at radius 2 is 1.66 bits per heavy atom. The molecule has 0 atom stereocenters. The Balaban J connectivity index is 1.65. The molecule has 0 aliphatic heterocycles. The quantitative estimate of drug-likeness (QED) is 0.302. The van der Waals surface area contributed by atoms with Crippen molar-refractivity contribution in [3.05, 3.63) is 94.3 Å². The van der Waals surface area contributed by atoms with Crippen LogP contribution in [-0.2, 0) is 21.4 Å². The fraction of sp³-hybridized carbons (Fsp3) is 0.412. The largest absolute Gasteiger partial charge is 0.469 e. The number of benzene rings is 2. The first-order chi connectivity index (χ1) is 18.2. The Kier molecular flexibility index (Phi) is 8.52. The summed E-state index contributed by atoms with van der Waals surface area (Å²) in [5.41, 5.74) is 8.46. The van der Waals surface area contributed by atoms with Crippen molar-refractivity contribution in [1.29, 1.82) is 0 Å². The van der Waals surface area contributed by atoms with E-state index >= 15 is 0 Å². The fourth-order valence-corrected chi connectivity index (χ4v) is 6.05. The Bertz CT molecular complexity index is 1310. The molecule has 4 heteroatoms. The van der Waals surface area contributed by atoms with Crippen molar-refractivity contribution in [3.63, 3.8) is 0 Å². The number of methoxy groups -OCH3 is 1. The molecule has 4 nitrogen and oxygen atoms in total. The van der Waals surface area contributed by atoms with E-state index in [1.807, 2.05) is 18.3 Å². The van der Waals surface area contributed by atoms with Gasteiger partial charge in [-0.3, -0.25) is 9.78 Å². The topological polar surface area (TPSA) is 59.4 Å². The van der Waals surface area contributed by atoms with Gasteiger partial charge in [-0.15, -0.1) is 0 Å². The highest BCUT2D eigenvalue weighted by atomic mass is 16.5. The van der Waals surface area contributed by atoms with Crippen molar-refractivity contribution in [2.75, 3.05) is 7.11 Å². The molecule has 0 amide bonds. The van der Waals surface area contributed by atoms with E-state index in [-0.39, 0.29) is 17.8 Å². The van der Waals surface area contributed by atoms with Gasteiger partial charge in [0.15, 0.2) is 0 Å². The predicted molar refractivity (Wildman–Crippen MR) is 155 cm³/mol. The minimum Gasteiger partial charge on any atom is -0.469 e. The van der Waals surface area contributed by atoms with E-state index in [9.17, 15) is 9.90 Å². The average molecular weight is 512 g/mol. The van der Waals surface area contributed by atoms with Gasteiger partial charge in [0.2, 0.25) is 0 Å². The molecule has 200 valence electrons. The summed E-state index contributed by atoms with van der Waals surface area (Å²) in [4.78, 5) is 16.1. The van der Waals surface area contributed by atoms with Gasteiger partial charge in [0.25, 0.3) is 0 Å². The van der Waals surface area contributed by atoms with Crippen LogP contribution in [0.1, 0.15) is 85.8 Å². The number of carbonyl (C=O) groups is 1. The lowest BCUT2D eigenvalue weighted by atomic mass is 9.69. The van der Waals surface area contributed by atoms with Crippen LogP contribution in [0.25, 0.3) is 17.2 Å². The van der Waals surface area contributed by atoms with Gasteiger partial charge < -0.3 is 9.84 Å². The molecule has 1 aliphatic rings. The van der Waals surface area contributed by atoms with Crippen LogP contribution in [0, 0.1) is 13.8 Å². The summed E-state index contributed by atoms with van der Waals surface area (Å²) in [6.45, 7) is 8.85. The van der Waals surface area contributed by atoms with E-state index in [0.29, 0.717) is 0 Å². The third-order valence-electron chi connectivity index (χ3n) is 8.53. The number of carbonyl (C=O) groups excluding carboxylic acids is 1. The Labute approximate surface area is 227 Å². The first-order valence-corrected chi connectivity index (χ1v) is 13.9. The summed E-state index contributed by atoms with van der Waals surface area (Å²) in [6, 6.07) is 15.6. The summed E-state index contributed by atoms with van der Waals surface area (Å²) in [5, 5.41) is 10.7. The maximum absolute atomic E-state index is 11.7. The SMILES string of the molecule is CCC(CC)(c1ccc(C=CC2(O)CCCC2)c(C)c1)c1ccc(-c2cncc(CC(=O)OC)c2)c(C)c1. The molecule has 0 radical (unpaired) electrons. The first kappa shape index (κ1) is 27.8. The molecule has 0 bridgehead atoms. The van der Waals surface area contributed by atoms with Crippen LogP contribution in [0.15, 0.2) is 60.9 Å². The molecule has 4 rings (SSSR count). The van der Waals surface area contributed by atoms with Crippen LogP contribution in [0.5, 0.6) is 0 Å². The third kappa shape index (κ3) is 5.76. The number of rotatable bonds is 9. The van der Waals surface area contributed by atoms with E-state index in [0.717, 1.165) is 55.2 Å². The minimum atomic E-state index is -0.644. The average Bonchev–Trinajstić information content (AvgIpc) is 3.36. The molecule has 0 saturated heterocycles. The molecule has 1 heterocycles. The first-order valence-electron chi connectivity index (χ1n) is 13.9. The molecule has 1 saturated carbocycles. The number of pyridine rings is 1. The van der Waals surface area contributed by atoms with Gasteiger partial charge in [-0.05, 0) is 84.5 Å². The number of aliphatic hydroxyl groups is 1. The lowest BCUT2D eigenvalue weighted by molar-refractivity contribution is -0.139. The predicted octanol–water partition coefficient (Wildman–Crippen LogP) is 7.51. The Morgan fingerprint density at radius 1 is 1.00 bits per heavy atom. The van der Waals surface area contributed by atoms with Gasteiger partial charge in [-0.25, -0.2) is 0 Å². The summed E-state index contributed by atoms with van der Waals surface area (Å²) in [7, 11) is 1.41. The summed E-state index contributed by atoms with van der Waals surface area (Å²) in [5.74, 6) is -0.266. The Hall–Kier alpha value is -3.24. The number of ether oxygens (including phenoxy) is 1. The van der Waals surface area contributed by atoms with Crippen molar-refractivity contribution in [2.24, 2.45) is 0 Å². The van der Waals surface area contributed by atoms with Crippen molar-refractivity contribution < 1.29 is 14.6 Å². The molecule has 0 unspecified atom stereocenters. The normalized spacial score (nSPS) is 15.2. The highest BCUT2D eigenvalue weighted by Gasteiger charge is 2.32. The molecule has 1 aliphatic carbocycles. The molecule has 1 fully saturated rings. The summed E-state index contributed by atoms with van der Waals surface area (Å²) < 4.78 is 4.82. The molecule has 3 aromatic rings. The van der Waals surface area contributed by atoms with Gasteiger partial charge in [0, 0.05) is 23.4 Å². The van der Waals surface area contributed by atoms with Crippen molar-refractivity contribution >= 4 is 12.0 Å². The van der Waals surface area contributed by atoms with E-state index < -0.39 is 5.60 Å². The van der Waals surface area contributed by atoms with Gasteiger partial charge >= 0.3 is 5.97 Å². The van der Waals surface area contributed by atoms with Crippen LogP contribution >= 0.6 is 0 Å². The maximum atomic E-state index is 11.7. The third-order valence-corrected chi connectivity index (χ3v) is 8.53. The number of aryl methyl sites for hydroxylation is 2. The van der Waals surface area contributed by atoms with Crippen molar-refractivity contribution in [3.8, 4) is 11.1 Å². The summed E-state index contributed by atoms with van der Waals surface area (Å²) >= 11 is 0. The lowest BCUT2D eigenvalue weighted by Crippen LogP contribution is -2.26. The number of hydrogen-bond acceptors (Lipinski definition) is 4. The van der Waals surface area contributed by atoms with E-state index in [1.54, 1.807) is 6.20 Å². The number of nitrogens with zero attached hydrogens (tertiary/aromatic N) is 1. The van der Waals surface area contributed by atoms with Crippen LogP contribution in [0.4, 0.5) is 0 Å². The van der Waals surface area contributed by atoms with Crippen molar-refractivity contribution in [1.82, 2.24) is 4.98 Å². The zero-order valence-electron chi connectivity index (χ0n) is 23.5. The van der Waals surface area contributed by atoms with Gasteiger partial charge in [-0.1, -0.05) is 75.2 Å². The highest BCUT2D eigenvalue weighted by Crippen LogP contribution is 2.41. The second-order valence-electron chi connectivity index (χ2n) is 10.9. The Morgan fingerprint density at radius 3 is 2.26 bits per heavy atom. The zero-order valence-corrected chi connectivity index (χ0v) is 23.5.